The lowest BCUT2D eigenvalue weighted by Crippen LogP contribution is -2.38. The molecule has 1 aromatic heterocycles. The Labute approximate surface area is 117 Å². The second-order valence-corrected chi connectivity index (χ2v) is 7.85. The third-order valence-electron chi connectivity index (χ3n) is 3.38. The van der Waals surface area contributed by atoms with Gasteiger partial charge in [0.05, 0.1) is 18.1 Å². The maximum absolute atomic E-state index is 12.3. The lowest BCUT2D eigenvalue weighted by atomic mass is 10.0. The second-order valence-electron chi connectivity index (χ2n) is 4.82. The minimum Gasteiger partial charge on any atom is -0.391 e. The van der Waals surface area contributed by atoms with Crippen molar-refractivity contribution in [2.75, 3.05) is 13.2 Å². The van der Waals surface area contributed by atoms with Gasteiger partial charge in [0.2, 0.25) is 10.0 Å². The highest BCUT2D eigenvalue weighted by Gasteiger charge is 2.28. The van der Waals surface area contributed by atoms with Crippen LogP contribution in [-0.4, -0.2) is 32.8 Å². The van der Waals surface area contributed by atoms with E-state index < -0.39 is 10.0 Å². The summed E-state index contributed by atoms with van der Waals surface area (Å²) < 4.78 is 32.6. The molecule has 0 aliphatic carbocycles. The Morgan fingerprint density at radius 1 is 1.63 bits per heavy atom. The molecule has 1 fully saturated rings. The molecule has 19 heavy (non-hydrogen) atoms. The number of nitrogens with one attached hydrogen (secondary N) is 1. The van der Waals surface area contributed by atoms with Gasteiger partial charge in [-0.05, 0) is 26.3 Å². The smallest absolute Gasteiger partial charge is 0.241 e. The Bertz CT molecular complexity index is 532. The fraction of sp³-hybridized carbons (Fsp3) is 0.667. The van der Waals surface area contributed by atoms with Crippen molar-refractivity contribution in [2.24, 2.45) is 5.92 Å². The summed E-state index contributed by atoms with van der Waals surface area (Å²) in [7, 11) is -3.52. The summed E-state index contributed by atoms with van der Waals surface area (Å²) in [4.78, 5) is 1.63. The lowest BCUT2D eigenvalue weighted by Gasteiger charge is -2.19. The first-order valence-electron chi connectivity index (χ1n) is 6.24. The number of aliphatic hydroxyl groups excluding tert-OH is 1. The van der Waals surface area contributed by atoms with E-state index in [1.807, 2.05) is 6.92 Å². The van der Waals surface area contributed by atoms with Gasteiger partial charge in [-0.3, -0.25) is 0 Å². The monoisotopic (exact) mass is 305 g/mol. The van der Waals surface area contributed by atoms with Crippen LogP contribution in [0.25, 0.3) is 0 Å². The van der Waals surface area contributed by atoms with Gasteiger partial charge >= 0.3 is 0 Å². The van der Waals surface area contributed by atoms with Crippen LogP contribution in [0.5, 0.6) is 0 Å². The Balaban J connectivity index is 2.14. The van der Waals surface area contributed by atoms with Crippen molar-refractivity contribution in [1.82, 2.24) is 4.72 Å². The van der Waals surface area contributed by atoms with E-state index in [4.69, 9.17) is 9.84 Å². The number of aliphatic hydroxyl groups is 1. The maximum atomic E-state index is 12.3. The summed E-state index contributed by atoms with van der Waals surface area (Å²) in [6.07, 6.45) is 0.883. The largest absolute Gasteiger partial charge is 0.391 e. The van der Waals surface area contributed by atoms with Gasteiger partial charge in [-0.1, -0.05) is 0 Å². The molecule has 0 saturated carbocycles. The van der Waals surface area contributed by atoms with Crippen LogP contribution in [-0.2, 0) is 21.4 Å². The highest BCUT2D eigenvalue weighted by molar-refractivity contribution is 7.89. The average Bonchev–Trinajstić information content (AvgIpc) is 2.96. The molecule has 2 rings (SSSR count). The first kappa shape index (κ1) is 14.9. The van der Waals surface area contributed by atoms with Crippen molar-refractivity contribution in [2.45, 2.75) is 37.8 Å². The minimum absolute atomic E-state index is 0.132. The molecule has 2 N–H and O–H groups in total. The zero-order valence-electron chi connectivity index (χ0n) is 11.0. The molecule has 0 bridgehead atoms. The SMILES string of the molecule is Cc1sc(CO)cc1S(=O)(=O)NC(C)C1CCOC1. The first-order chi connectivity index (χ1) is 8.94. The average molecular weight is 305 g/mol. The van der Waals surface area contributed by atoms with Crippen molar-refractivity contribution in [3.05, 3.63) is 15.8 Å². The standard InChI is InChI=1S/C12H19NO4S2/c1-8(10-3-4-17-7-10)13-19(15,16)12-5-11(6-14)18-9(12)2/h5,8,10,13-14H,3-4,6-7H2,1-2H3. The van der Waals surface area contributed by atoms with E-state index in [-0.39, 0.29) is 23.5 Å². The lowest BCUT2D eigenvalue weighted by molar-refractivity contribution is 0.180. The van der Waals surface area contributed by atoms with Gasteiger partial charge in [-0.2, -0.15) is 0 Å². The van der Waals surface area contributed by atoms with Crippen LogP contribution in [0.15, 0.2) is 11.0 Å². The molecule has 1 saturated heterocycles. The van der Waals surface area contributed by atoms with Gasteiger partial charge < -0.3 is 9.84 Å². The molecule has 7 heteroatoms. The quantitative estimate of drug-likeness (QED) is 0.858. The van der Waals surface area contributed by atoms with Crippen molar-refractivity contribution in [3.8, 4) is 0 Å². The molecule has 5 nitrogen and oxygen atoms in total. The van der Waals surface area contributed by atoms with Gasteiger partial charge in [-0.15, -0.1) is 11.3 Å². The normalized spacial score (nSPS) is 21.7. The Morgan fingerprint density at radius 2 is 2.37 bits per heavy atom. The number of hydrogen-bond acceptors (Lipinski definition) is 5. The van der Waals surface area contributed by atoms with Crippen molar-refractivity contribution in [1.29, 1.82) is 0 Å². The van der Waals surface area contributed by atoms with Crippen molar-refractivity contribution in [3.63, 3.8) is 0 Å². The summed E-state index contributed by atoms with van der Waals surface area (Å²) >= 11 is 1.31. The highest BCUT2D eigenvalue weighted by atomic mass is 32.2. The summed E-state index contributed by atoms with van der Waals surface area (Å²) in [6.45, 7) is 4.79. The van der Waals surface area contributed by atoms with Crippen LogP contribution < -0.4 is 4.72 Å². The number of sulfonamides is 1. The Kier molecular flexibility index (Phi) is 4.62. The molecule has 0 radical (unpaired) electrons. The first-order valence-corrected chi connectivity index (χ1v) is 8.54. The maximum Gasteiger partial charge on any atom is 0.241 e. The van der Waals surface area contributed by atoms with Crippen LogP contribution in [0.4, 0.5) is 0 Å². The molecule has 108 valence electrons. The van der Waals surface area contributed by atoms with Crippen LogP contribution in [0, 0.1) is 12.8 Å². The van der Waals surface area contributed by atoms with Gasteiger partial charge in [0.25, 0.3) is 0 Å². The molecule has 0 amide bonds. The molecule has 1 aromatic rings. The van der Waals surface area contributed by atoms with Gasteiger partial charge in [0, 0.05) is 28.3 Å². The number of thiophene rings is 1. The molecule has 1 aliphatic heterocycles. The Morgan fingerprint density at radius 3 is 2.89 bits per heavy atom. The summed E-state index contributed by atoms with van der Waals surface area (Å²) in [5.74, 6) is 0.228. The van der Waals surface area contributed by atoms with E-state index >= 15 is 0 Å². The predicted octanol–water partition coefficient (Wildman–Crippen LogP) is 1.25. The number of rotatable bonds is 5. The van der Waals surface area contributed by atoms with Crippen LogP contribution in [0.1, 0.15) is 23.1 Å². The Hall–Kier alpha value is -0.470. The van der Waals surface area contributed by atoms with Crippen molar-refractivity contribution < 1.29 is 18.3 Å². The van der Waals surface area contributed by atoms with E-state index in [1.165, 1.54) is 11.3 Å². The molecule has 0 spiro atoms. The minimum atomic E-state index is -3.52. The number of ether oxygens (including phenoxy) is 1. The van der Waals surface area contributed by atoms with Gasteiger partial charge in [0.15, 0.2) is 0 Å². The second kappa shape index (κ2) is 5.88. The topological polar surface area (TPSA) is 75.6 Å². The van der Waals surface area contributed by atoms with Crippen LogP contribution >= 0.6 is 11.3 Å². The van der Waals surface area contributed by atoms with Crippen LogP contribution in [0.3, 0.4) is 0 Å². The fourth-order valence-electron chi connectivity index (χ4n) is 2.22. The van der Waals surface area contributed by atoms with E-state index in [1.54, 1.807) is 13.0 Å². The molecule has 2 heterocycles. The fourth-order valence-corrected chi connectivity index (χ4v) is 5.03. The highest BCUT2D eigenvalue weighted by Crippen LogP contribution is 2.26. The third-order valence-corrected chi connectivity index (χ3v) is 6.23. The van der Waals surface area contributed by atoms with Gasteiger partial charge in [0.1, 0.15) is 0 Å². The zero-order chi connectivity index (χ0) is 14.0. The van der Waals surface area contributed by atoms with Crippen LogP contribution in [0.2, 0.25) is 0 Å². The molecule has 2 atom stereocenters. The molecule has 1 aliphatic rings. The summed E-state index contributed by atoms with van der Waals surface area (Å²) in [6, 6.07) is 1.39. The predicted molar refractivity (Wildman–Crippen MR) is 73.7 cm³/mol. The number of aryl methyl sites for hydroxylation is 1. The molecule has 0 aromatic carbocycles. The van der Waals surface area contributed by atoms with Gasteiger partial charge in [-0.25, -0.2) is 13.1 Å². The van der Waals surface area contributed by atoms with E-state index in [2.05, 4.69) is 4.72 Å². The van der Waals surface area contributed by atoms with E-state index in [0.717, 1.165) is 6.42 Å². The summed E-state index contributed by atoms with van der Waals surface area (Å²) in [5.41, 5.74) is 0. The third kappa shape index (κ3) is 3.35. The molecular weight excluding hydrogens is 286 g/mol. The number of hydrogen-bond donors (Lipinski definition) is 2. The zero-order valence-corrected chi connectivity index (χ0v) is 12.7. The van der Waals surface area contributed by atoms with E-state index in [0.29, 0.717) is 23.0 Å². The van der Waals surface area contributed by atoms with E-state index in [9.17, 15) is 8.42 Å². The molecular formula is C12H19NO4S2. The summed E-state index contributed by atoms with van der Waals surface area (Å²) in [5, 5.41) is 9.07. The molecule has 2 unspecified atom stereocenters. The van der Waals surface area contributed by atoms with Crippen molar-refractivity contribution >= 4 is 21.4 Å².